The number of rotatable bonds is 6. The van der Waals surface area contributed by atoms with E-state index in [1.807, 2.05) is 23.1 Å². The molecule has 3 atom stereocenters. The van der Waals surface area contributed by atoms with Gasteiger partial charge in [0, 0.05) is 18.2 Å². The van der Waals surface area contributed by atoms with Crippen molar-refractivity contribution >= 4 is 15.9 Å². The van der Waals surface area contributed by atoms with Crippen molar-refractivity contribution in [3.8, 4) is 0 Å². The smallest absolute Gasteiger partial charge is 0.318 e. The lowest BCUT2D eigenvalue weighted by molar-refractivity contribution is 0.124. The lowest BCUT2D eigenvalue weighted by atomic mass is 9.86. The Morgan fingerprint density at radius 1 is 1.26 bits per heavy atom. The highest BCUT2D eigenvalue weighted by Crippen LogP contribution is 2.37. The molecule has 5 nitrogen and oxygen atoms in total. The van der Waals surface area contributed by atoms with Gasteiger partial charge in [-0.1, -0.05) is 49.8 Å². The molecular weight excluding hydrogens is 360 g/mol. The third kappa shape index (κ3) is 5.58. The average molecular weight is 391 g/mol. The summed E-state index contributed by atoms with van der Waals surface area (Å²) in [6, 6.07) is 9.97. The van der Waals surface area contributed by atoms with Crippen LogP contribution in [0.5, 0.6) is 0 Å². The molecule has 6 heteroatoms. The number of nitrogens with one attached hydrogen (secondary N) is 1. The number of sulfone groups is 1. The van der Waals surface area contributed by atoms with Crippen molar-refractivity contribution in [3.05, 3.63) is 47.4 Å². The van der Waals surface area contributed by atoms with Crippen LogP contribution in [-0.2, 0) is 9.84 Å². The van der Waals surface area contributed by atoms with E-state index in [1.165, 1.54) is 17.2 Å². The SMILES string of the molecule is CC[C@H]1CCN(C(=O)NC(/C=C/S(C)(=O)=O)C2CC2)[C@@H](c2ccccc2)C1. The molecule has 1 aliphatic heterocycles. The highest BCUT2D eigenvalue weighted by molar-refractivity contribution is 7.93. The fraction of sp³-hybridized carbons (Fsp3) is 0.571. The fourth-order valence-corrected chi connectivity index (χ4v) is 4.33. The van der Waals surface area contributed by atoms with E-state index in [-0.39, 0.29) is 18.1 Å². The van der Waals surface area contributed by atoms with Crippen molar-refractivity contribution < 1.29 is 13.2 Å². The van der Waals surface area contributed by atoms with Crippen LogP contribution >= 0.6 is 0 Å². The lowest BCUT2D eigenvalue weighted by Gasteiger charge is -2.40. The van der Waals surface area contributed by atoms with E-state index < -0.39 is 9.84 Å². The Balaban J connectivity index is 1.75. The Labute approximate surface area is 162 Å². The molecule has 1 unspecified atom stereocenters. The summed E-state index contributed by atoms with van der Waals surface area (Å²) in [5.74, 6) is 0.971. The van der Waals surface area contributed by atoms with E-state index in [2.05, 4.69) is 24.4 Å². The largest absolute Gasteiger partial charge is 0.331 e. The van der Waals surface area contributed by atoms with Crippen molar-refractivity contribution in [2.75, 3.05) is 12.8 Å². The Morgan fingerprint density at radius 3 is 2.56 bits per heavy atom. The summed E-state index contributed by atoms with van der Waals surface area (Å²) >= 11 is 0. The van der Waals surface area contributed by atoms with Gasteiger partial charge in [-0.2, -0.15) is 0 Å². The molecule has 0 bridgehead atoms. The van der Waals surface area contributed by atoms with Crippen molar-refractivity contribution in [2.24, 2.45) is 11.8 Å². The van der Waals surface area contributed by atoms with Gasteiger partial charge < -0.3 is 10.2 Å². The van der Waals surface area contributed by atoms with Crippen LogP contribution in [0.25, 0.3) is 0 Å². The summed E-state index contributed by atoms with van der Waals surface area (Å²) < 4.78 is 22.9. The zero-order valence-electron chi connectivity index (χ0n) is 16.2. The van der Waals surface area contributed by atoms with Crippen molar-refractivity contribution in [3.63, 3.8) is 0 Å². The van der Waals surface area contributed by atoms with E-state index in [9.17, 15) is 13.2 Å². The maximum absolute atomic E-state index is 13.1. The van der Waals surface area contributed by atoms with Crippen LogP contribution in [0.4, 0.5) is 4.79 Å². The summed E-state index contributed by atoms with van der Waals surface area (Å²) in [5.41, 5.74) is 1.17. The third-order valence-corrected chi connectivity index (χ3v) is 6.34. The maximum atomic E-state index is 13.1. The first-order valence-electron chi connectivity index (χ1n) is 9.87. The number of benzene rings is 1. The Morgan fingerprint density at radius 2 is 1.96 bits per heavy atom. The first-order valence-corrected chi connectivity index (χ1v) is 11.8. The normalized spacial score (nSPS) is 24.7. The van der Waals surface area contributed by atoms with Crippen LogP contribution in [-0.4, -0.2) is 38.2 Å². The van der Waals surface area contributed by atoms with Gasteiger partial charge in [0.05, 0.1) is 12.1 Å². The molecule has 3 rings (SSSR count). The molecule has 0 radical (unpaired) electrons. The molecule has 1 saturated heterocycles. The predicted molar refractivity (Wildman–Crippen MR) is 108 cm³/mol. The number of carbonyl (C=O) groups is 1. The summed E-state index contributed by atoms with van der Waals surface area (Å²) in [5, 5.41) is 4.31. The number of amides is 2. The minimum atomic E-state index is -3.20. The molecule has 0 aromatic heterocycles. The number of hydrogen-bond donors (Lipinski definition) is 1. The van der Waals surface area contributed by atoms with Crippen molar-refractivity contribution in [1.82, 2.24) is 10.2 Å². The van der Waals surface area contributed by atoms with Gasteiger partial charge >= 0.3 is 6.03 Å². The van der Waals surface area contributed by atoms with Gasteiger partial charge in [-0.05, 0) is 43.1 Å². The minimum Gasteiger partial charge on any atom is -0.331 e. The van der Waals surface area contributed by atoms with Gasteiger partial charge in [-0.15, -0.1) is 0 Å². The molecule has 27 heavy (non-hydrogen) atoms. The van der Waals surface area contributed by atoms with E-state index in [0.29, 0.717) is 11.8 Å². The third-order valence-electron chi connectivity index (χ3n) is 5.69. The molecule has 1 aromatic carbocycles. The maximum Gasteiger partial charge on any atom is 0.318 e. The minimum absolute atomic E-state index is 0.0728. The second-order valence-corrected chi connectivity index (χ2v) is 9.82. The second kappa shape index (κ2) is 8.46. The number of carbonyl (C=O) groups excluding carboxylic acids is 1. The molecule has 1 aliphatic carbocycles. The first-order chi connectivity index (χ1) is 12.9. The fourth-order valence-electron chi connectivity index (χ4n) is 3.87. The summed E-state index contributed by atoms with van der Waals surface area (Å²) in [4.78, 5) is 15.0. The van der Waals surface area contributed by atoms with Crippen LogP contribution in [0.1, 0.15) is 50.6 Å². The summed E-state index contributed by atoms with van der Waals surface area (Å²) in [6.45, 7) is 2.94. The predicted octanol–water partition coefficient (Wildman–Crippen LogP) is 3.90. The van der Waals surface area contributed by atoms with E-state index >= 15 is 0 Å². The van der Waals surface area contributed by atoms with E-state index in [4.69, 9.17) is 0 Å². The molecule has 1 saturated carbocycles. The van der Waals surface area contributed by atoms with Crippen LogP contribution in [0, 0.1) is 11.8 Å². The number of likely N-dealkylation sites (tertiary alicyclic amines) is 1. The molecular formula is C21H30N2O3S. The molecule has 1 heterocycles. The summed E-state index contributed by atoms with van der Waals surface area (Å²) in [7, 11) is -3.20. The zero-order chi connectivity index (χ0) is 19.4. The Hall–Kier alpha value is -1.82. The molecule has 2 amide bonds. The highest BCUT2D eigenvalue weighted by atomic mass is 32.2. The number of piperidine rings is 1. The zero-order valence-corrected chi connectivity index (χ0v) is 17.0. The molecule has 0 spiro atoms. The summed E-state index contributed by atoms with van der Waals surface area (Å²) in [6.07, 6.45) is 7.98. The molecule has 148 valence electrons. The van der Waals surface area contributed by atoms with Crippen molar-refractivity contribution in [1.29, 1.82) is 0 Å². The lowest BCUT2D eigenvalue weighted by Crippen LogP contribution is -2.49. The quantitative estimate of drug-likeness (QED) is 0.801. The molecule has 2 fully saturated rings. The topological polar surface area (TPSA) is 66.5 Å². The molecule has 1 N–H and O–H groups in total. The monoisotopic (exact) mass is 390 g/mol. The van der Waals surface area contributed by atoms with Gasteiger partial charge in [-0.25, -0.2) is 13.2 Å². The first kappa shape index (κ1) is 19.9. The highest BCUT2D eigenvalue weighted by Gasteiger charge is 2.35. The number of hydrogen-bond acceptors (Lipinski definition) is 3. The second-order valence-electron chi connectivity index (χ2n) is 7.89. The Bertz CT molecular complexity index is 772. The van der Waals surface area contributed by atoms with Gasteiger partial charge in [-0.3, -0.25) is 0 Å². The molecule has 1 aromatic rings. The molecule has 2 aliphatic rings. The van der Waals surface area contributed by atoms with Crippen LogP contribution in [0.15, 0.2) is 41.8 Å². The van der Waals surface area contributed by atoms with E-state index in [1.54, 1.807) is 6.08 Å². The van der Waals surface area contributed by atoms with Gasteiger partial charge in [0.15, 0.2) is 9.84 Å². The number of urea groups is 1. The average Bonchev–Trinajstić information content (AvgIpc) is 3.49. The van der Waals surface area contributed by atoms with Crippen LogP contribution < -0.4 is 5.32 Å². The van der Waals surface area contributed by atoms with Gasteiger partial charge in [0.1, 0.15) is 0 Å². The standard InChI is InChI=1S/C21H30N2O3S/c1-3-16-11-13-23(20(15-16)18-7-5-4-6-8-18)21(24)22-19(17-9-10-17)12-14-27(2,25)26/h4-8,12,14,16-17,19-20H,3,9-11,13,15H2,1-2H3,(H,22,24)/b14-12+/t16-,19?,20+/m0/s1. The van der Waals surface area contributed by atoms with Crippen molar-refractivity contribution in [2.45, 2.75) is 51.1 Å². The van der Waals surface area contributed by atoms with Crippen LogP contribution in [0.3, 0.4) is 0 Å². The number of nitrogens with zero attached hydrogens (tertiary/aromatic N) is 1. The van der Waals surface area contributed by atoms with Crippen LogP contribution in [0.2, 0.25) is 0 Å². The van der Waals surface area contributed by atoms with Gasteiger partial charge in [0.2, 0.25) is 0 Å². The van der Waals surface area contributed by atoms with E-state index in [0.717, 1.165) is 38.6 Å². The van der Waals surface area contributed by atoms with Gasteiger partial charge in [0.25, 0.3) is 0 Å². The Kier molecular flexibility index (Phi) is 6.25.